The molecule has 1 aromatic carbocycles. The monoisotopic (exact) mass is 351 g/mol. The van der Waals surface area contributed by atoms with Crippen LogP contribution in [0.3, 0.4) is 0 Å². The van der Waals surface area contributed by atoms with Gasteiger partial charge in [0.25, 0.3) is 5.91 Å². The van der Waals surface area contributed by atoms with Crippen molar-refractivity contribution in [2.45, 2.75) is 31.8 Å². The molecule has 1 fully saturated rings. The van der Waals surface area contributed by atoms with Crippen LogP contribution in [0.2, 0.25) is 0 Å². The van der Waals surface area contributed by atoms with E-state index in [0.29, 0.717) is 12.2 Å². The number of amides is 4. The summed E-state index contributed by atoms with van der Waals surface area (Å²) in [7, 11) is 1.51. The van der Waals surface area contributed by atoms with Crippen LogP contribution >= 0.6 is 0 Å². The summed E-state index contributed by atoms with van der Waals surface area (Å²) in [6.07, 6.45) is 0.279. The number of nitrogens with zero attached hydrogens (tertiary/aromatic N) is 1. The number of halogens is 1. The van der Waals surface area contributed by atoms with Gasteiger partial charge in [-0.05, 0) is 31.0 Å². The first-order valence-corrected chi connectivity index (χ1v) is 8.02. The average Bonchev–Trinajstić information content (AvgIpc) is 2.80. The lowest BCUT2D eigenvalue weighted by Crippen LogP contribution is -2.46. The van der Waals surface area contributed by atoms with Crippen molar-refractivity contribution in [3.8, 4) is 0 Å². The molecule has 0 radical (unpaired) electrons. The number of imide groups is 1. The van der Waals surface area contributed by atoms with Crippen molar-refractivity contribution in [3.05, 3.63) is 35.6 Å². The van der Waals surface area contributed by atoms with Crippen LogP contribution in [-0.4, -0.2) is 49.0 Å². The Bertz CT molecular complexity index is 664. The average molecular weight is 351 g/mol. The van der Waals surface area contributed by atoms with E-state index in [2.05, 4.69) is 10.6 Å². The molecule has 0 aliphatic carbocycles. The van der Waals surface area contributed by atoms with Gasteiger partial charge in [0.2, 0.25) is 5.91 Å². The summed E-state index contributed by atoms with van der Waals surface area (Å²) in [5.41, 5.74) is -0.811. The van der Waals surface area contributed by atoms with Gasteiger partial charge in [-0.1, -0.05) is 19.1 Å². The highest BCUT2D eigenvalue weighted by Gasteiger charge is 2.51. The van der Waals surface area contributed by atoms with Crippen molar-refractivity contribution in [1.82, 2.24) is 15.5 Å². The van der Waals surface area contributed by atoms with Gasteiger partial charge in [0, 0.05) is 13.2 Å². The highest BCUT2D eigenvalue weighted by atomic mass is 19.1. The molecular formula is C17H22FN3O4. The largest absolute Gasteiger partial charge is 0.383 e. The van der Waals surface area contributed by atoms with Crippen LogP contribution < -0.4 is 10.6 Å². The topological polar surface area (TPSA) is 87.7 Å². The Balaban J connectivity index is 2.17. The van der Waals surface area contributed by atoms with Crippen LogP contribution in [0.5, 0.6) is 0 Å². The zero-order chi connectivity index (χ0) is 18.6. The van der Waals surface area contributed by atoms with E-state index in [-0.39, 0.29) is 19.0 Å². The quantitative estimate of drug-likeness (QED) is 0.721. The summed E-state index contributed by atoms with van der Waals surface area (Å²) in [5, 5.41) is 5.30. The fraction of sp³-hybridized carbons (Fsp3) is 0.471. The molecule has 1 saturated heterocycles. The highest BCUT2D eigenvalue weighted by Crippen LogP contribution is 2.32. The summed E-state index contributed by atoms with van der Waals surface area (Å²) in [5.74, 6) is -1.42. The smallest absolute Gasteiger partial charge is 0.325 e. The number of benzene rings is 1. The van der Waals surface area contributed by atoms with E-state index in [4.69, 9.17) is 4.74 Å². The fourth-order valence-electron chi connectivity index (χ4n) is 2.90. The first-order chi connectivity index (χ1) is 11.8. The van der Waals surface area contributed by atoms with E-state index in [9.17, 15) is 18.8 Å². The predicted molar refractivity (Wildman–Crippen MR) is 88.1 cm³/mol. The predicted octanol–water partition coefficient (Wildman–Crippen LogP) is 1.13. The van der Waals surface area contributed by atoms with E-state index in [1.807, 2.05) is 0 Å². The van der Waals surface area contributed by atoms with E-state index in [1.165, 1.54) is 31.4 Å². The van der Waals surface area contributed by atoms with Crippen molar-refractivity contribution >= 4 is 17.8 Å². The molecule has 2 N–H and O–H groups in total. The van der Waals surface area contributed by atoms with Gasteiger partial charge in [0.15, 0.2) is 0 Å². The molecular weight excluding hydrogens is 329 g/mol. The fourth-order valence-corrected chi connectivity index (χ4v) is 2.90. The molecule has 0 aromatic heterocycles. The molecule has 8 heteroatoms. The number of carbonyl (C=O) groups excluding carboxylic acids is 3. The van der Waals surface area contributed by atoms with Gasteiger partial charge in [-0.2, -0.15) is 0 Å². The molecule has 1 aliphatic rings. The maximum absolute atomic E-state index is 13.2. The van der Waals surface area contributed by atoms with Crippen molar-refractivity contribution < 1.29 is 23.5 Å². The second kappa shape index (κ2) is 7.60. The van der Waals surface area contributed by atoms with Crippen LogP contribution in [0.25, 0.3) is 0 Å². The Hall–Kier alpha value is -2.48. The third-order valence-corrected chi connectivity index (χ3v) is 4.17. The third kappa shape index (κ3) is 3.79. The second-order valence-corrected chi connectivity index (χ2v) is 6.01. The van der Waals surface area contributed by atoms with Crippen LogP contribution in [-0.2, 0) is 19.9 Å². The summed E-state index contributed by atoms with van der Waals surface area (Å²) >= 11 is 0. The molecule has 0 bridgehead atoms. The van der Waals surface area contributed by atoms with Crippen molar-refractivity contribution in [2.24, 2.45) is 0 Å². The van der Waals surface area contributed by atoms with Crippen LogP contribution in [0.15, 0.2) is 24.3 Å². The number of rotatable bonds is 7. The van der Waals surface area contributed by atoms with Crippen molar-refractivity contribution in [1.29, 1.82) is 0 Å². The Morgan fingerprint density at radius 3 is 2.56 bits per heavy atom. The van der Waals surface area contributed by atoms with Crippen molar-refractivity contribution in [3.63, 3.8) is 0 Å². The molecule has 0 unspecified atom stereocenters. The minimum atomic E-state index is -1.29. The minimum absolute atomic E-state index is 0.244. The number of hydrogen-bond acceptors (Lipinski definition) is 4. The molecule has 7 nitrogen and oxygen atoms in total. The van der Waals surface area contributed by atoms with Gasteiger partial charge in [0.05, 0.1) is 6.61 Å². The Kier molecular flexibility index (Phi) is 5.73. The summed E-state index contributed by atoms with van der Waals surface area (Å²) in [6, 6.07) is 4.49. The molecule has 136 valence electrons. The summed E-state index contributed by atoms with van der Waals surface area (Å²) in [6.45, 7) is 3.43. The normalized spacial score (nSPS) is 21.2. The standard InChI is InChI=1S/C17H22FN3O4/c1-4-17(12-5-7-13(18)8-6-12)15(23)21(16(24)20-17)9-14(22)19-11(2)10-25-3/h5-8,11H,4,9-10H2,1-3H3,(H,19,22)(H,20,24)/t11-,17-/m0/s1. The van der Waals surface area contributed by atoms with Gasteiger partial charge >= 0.3 is 6.03 Å². The minimum Gasteiger partial charge on any atom is -0.383 e. The van der Waals surface area contributed by atoms with E-state index in [0.717, 1.165) is 4.90 Å². The molecule has 1 aliphatic heterocycles. The number of urea groups is 1. The lowest BCUT2D eigenvalue weighted by molar-refractivity contribution is -0.135. The second-order valence-electron chi connectivity index (χ2n) is 6.01. The number of carbonyl (C=O) groups is 3. The van der Waals surface area contributed by atoms with Crippen LogP contribution in [0.1, 0.15) is 25.8 Å². The summed E-state index contributed by atoms with van der Waals surface area (Å²) in [4.78, 5) is 38.0. The van der Waals surface area contributed by atoms with Gasteiger partial charge in [-0.3, -0.25) is 14.5 Å². The lowest BCUT2D eigenvalue weighted by Gasteiger charge is -2.25. The molecule has 2 rings (SSSR count). The zero-order valence-corrected chi connectivity index (χ0v) is 14.5. The lowest BCUT2D eigenvalue weighted by atomic mass is 9.87. The van der Waals surface area contributed by atoms with E-state index < -0.39 is 29.2 Å². The van der Waals surface area contributed by atoms with Crippen LogP contribution in [0.4, 0.5) is 9.18 Å². The molecule has 1 aromatic rings. The van der Waals surface area contributed by atoms with E-state index in [1.54, 1.807) is 13.8 Å². The maximum atomic E-state index is 13.2. The zero-order valence-electron chi connectivity index (χ0n) is 14.5. The van der Waals surface area contributed by atoms with E-state index >= 15 is 0 Å². The number of nitrogens with one attached hydrogen (secondary N) is 2. The van der Waals surface area contributed by atoms with Gasteiger partial charge < -0.3 is 15.4 Å². The van der Waals surface area contributed by atoms with Crippen LogP contribution in [0, 0.1) is 5.82 Å². The summed E-state index contributed by atoms with van der Waals surface area (Å²) < 4.78 is 18.1. The first-order valence-electron chi connectivity index (χ1n) is 8.02. The number of ether oxygens (including phenoxy) is 1. The number of methoxy groups -OCH3 is 1. The molecule has 0 saturated carbocycles. The van der Waals surface area contributed by atoms with Gasteiger partial charge in [-0.25, -0.2) is 9.18 Å². The molecule has 1 heterocycles. The molecule has 0 spiro atoms. The molecule has 25 heavy (non-hydrogen) atoms. The first kappa shape index (κ1) is 18.9. The van der Waals surface area contributed by atoms with Gasteiger partial charge in [0.1, 0.15) is 17.9 Å². The van der Waals surface area contributed by atoms with Crippen molar-refractivity contribution in [2.75, 3.05) is 20.3 Å². The highest BCUT2D eigenvalue weighted by molar-refractivity contribution is 6.09. The number of hydrogen-bond donors (Lipinski definition) is 2. The Morgan fingerprint density at radius 1 is 1.36 bits per heavy atom. The third-order valence-electron chi connectivity index (χ3n) is 4.17. The van der Waals surface area contributed by atoms with Gasteiger partial charge in [-0.15, -0.1) is 0 Å². The maximum Gasteiger partial charge on any atom is 0.325 e. The molecule has 2 atom stereocenters. The SMILES string of the molecule is CC[C@@]1(c2ccc(F)cc2)NC(=O)N(CC(=O)N[C@@H](C)COC)C1=O. The Labute approximate surface area is 145 Å². The molecule has 4 amide bonds. The Morgan fingerprint density at radius 2 is 2.00 bits per heavy atom.